The highest BCUT2D eigenvalue weighted by atomic mass is 16.5. The first kappa shape index (κ1) is 10.3. The Morgan fingerprint density at radius 2 is 2.19 bits per heavy atom. The van der Waals surface area contributed by atoms with Gasteiger partial charge in [-0.3, -0.25) is 5.43 Å². The standard InChI is InChI=1S/C10H11N5O/c1-16-8-4-2-3-7(5-8)9-6-12-10(13-11)15-14-9/h2-6H,11H2,1H3,(H,12,13,15). The number of aromatic nitrogens is 3. The van der Waals surface area contributed by atoms with Crippen LogP contribution in [0.1, 0.15) is 0 Å². The van der Waals surface area contributed by atoms with Gasteiger partial charge in [0.2, 0.25) is 0 Å². The molecule has 1 aromatic heterocycles. The Morgan fingerprint density at radius 3 is 2.81 bits per heavy atom. The van der Waals surface area contributed by atoms with E-state index in [2.05, 4.69) is 20.6 Å². The third kappa shape index (κ3) is 2.06. The van der Waals surface area contributed by atoms with Gasteiger partial charge in [-0.15, -0.1) is 10.2 Å². The summed E-state index contributed by atoms with van der Waals surface area (Å²) in [6.07, 6.45) is 1.59. The fourth-order valence-corrected chi connectivity index (χ4v) is 1.26. The first-order valence-electron chi connectivity index (χ1n) is 4.64. The van der Waals surface area contributed by atoms with Crippen LogP contribution < -0.4 is 16.0 Å². The van der Waals surface area contributed by atoms with E-state index in [0.29, 0.717) is 5.69 Å². The maximum atomic E-state index is 5.15. The van der Waals surface area contributed by atoms with Crippen molar-refractivity contribution in [2.24, 2.45) is 5.84 Å². The number of hydrogen-bond acceptors (Lipinski definition) is 6. The number of hydrogen-bond donors (Lipinski definition) is 2. The van der Waals surface area contributed by atoms with E-state index < -0.39 is 0 Å². The monoisotopic (exact) mass is 217 g/mol. The summed E-state index contributed by atoms with van der Waals surface area (Å²) in [7, 11) is 1.62. The van der Waals surface area contributed by atoms with Crippen LogP contribution in [-0.4, -0.2) is 22.3 Å². The van der Waals surface area contributed by atoms with Crippen molar-refractivity contribution in [1.29, 1.82) is 0 Å². The second kappa shape index (κ2) is 4.54. The number of nitrogens with one attached hydrogen (secondary N) is 1. The summed E-state index contributed by atoms with van der Waals surface area (Å²) in [5, 5.41) is 7.78. The number of hydrazine groups is 1. The zero-order valence-electron chi connectivity index (χ0n) is 8.71. The van der Waals surface area contributed by atoms with E-state index in [-0.39, 0.29) is 5.95 Å². The number of rotatable bonds is 3. The number of nitrogens with zero attached hydrogens (tertiary/aromatic N) is 3. The van der Waals surface area contributed by atoms with Crippen molar-refractivity contribution in [3.63, 3.8) is 0 Å². The van der Waals surface area contributed by atoms with Crippen LogP contribution in [0.5, 0.6) is 5.75 Å². The molecule has 16 heavy (non-hydrogen) atoms. The molecule has 0 aliphatic carbocycles. The molecule has 0 saturated heterocycles. The van der Waals surface area contributed by atoms with Gasteiger partial charge in [0, 0.05) is 5.56 Å². The average molecular weight is 217 g/mol. The third-order valence-electron chi connectivity index (χ3n) is 2.06. The second-order valence-corrected chi connectivity index (χ2v) is 3.04. The molecule has 0 radical (unpaired) electrons. The number of methoxy groups -OCH3 is 1. The predicted molar refractivity (Wildman–Crippen MR) is 59.6 cm³/mol. The van der Waals surface area contributed by atoms with E-state index in [1.54, 1.807) is 13.3 Å². The predicted octanol–water partition coefficient (Wildman–Crippen LogP) is 0.833. The van der Waals surface area contributed by atoms with Gasteiger partial charge in [0.15, 0.2) is 0 Å². The Labute approximate surface area is 92.5 Å². The Balaban J connectivity index is 2.34. The van der Waals surface area contributed by atoms with E-state index in [1.165, 1.54) is 0 Å². The molecule has 0 unspecified atom stereocenters. The largest absolute Gasteiger partial charge is 0.497 e. The number of ether oxygens (including phenoxy) is 1. The molecule has 2 rings (SSSR count). The van der Waals surface area contributed by atoms with Gasteiger partial charge in [-0.05, 0) is 12.1 Å². The molecule has 0 aliphatic heterocycles. The first-order valence-corrected chi connectivity index (χ1v) is 4.64. The van der Waals surface area contributed by atoms with Crippen molar-refractivity contribution < 1.29 is 4.74 Å². The van der Waals surface area contributed by atoms with Gasteiger partial charge >= 0.3 is 0 Å². The Bertz CT molecular complexity index is 471. The van der Waals surface area contributed by atoms with Crippen molar-refractivity contribution in [3.8, 4) is 17.0 Å². The number of nitrogens with two attached hydrogens (primary N) is 1. The van der Waals surface area contributed by atoms with Crippen molar-refractivity contribution in [3.05, 3.63) is 30.5 Å². The van der Waals surface area contributed by atoms with Crippen LogP contribution in [-0.2, 0) is 0 Å². The van der Waals surface area contributed by atoms with Crippen LogP contribution in [0.3, 0.4) is 0 Å². The zero-order valence-corrected chi connectivity index (χ0v) is 8.71. The Kier molecular flexibility index (Phi) is 2.93. The van der Waals surface area contributed by atoms with E-state index in [4.69, 9.17) is 10.6 Å². The van der Waals surface area contributed by atoms with Gasteiger partial charge < -0.3 is 4.74 Å². The molecule has 0 bridgehead atoms. The molecule has 0 spiro atoms. The lowest BCUT2D eigenvalue weighted by Gasteiger charge is -2.03. The summed E-state index contributed by atoms with van der Waals surface area (Å²) in [6.45, 7) is 0. The molecule has 6 heteroatoms. The quantitative estimate of drug-likeness (QED) is 0.585. The minimum Gasteiger partial charge on any atom is -0.497 e. The lowest BCUT2D eigenvalue weighted by Crippen LogP contribution is -2.11. The maximum absolute atomic E-state index is 5.15. The zero-order chi connectivity index (χ0) is 11.4. The molecule has 0 aliphatic rings. The number of benzene rings is 1. The van der Waals surface area contributed by atoms with Crippen molar-refractivity contribution in [1.82, 2.24) is 15.2 Å². The molecule has 3 N–H and O–H groups in total. The number of anilines is 1. The van der Waals surface area contributed by atoms with E-state index in [1.807, 2.05) is 24.3 Å². The smallest absolute Gasteiger partial charge is 0.256 e. The van der Waals surface area contributed by atoms with Crippen LogP contribution in [0.2, 0.25) is 0 Å². The molecule has 0 fully saturated rings. The third-order valence-corrected chi connectivity index (χ3v) is 2.06. The van der Waals surface area contributed by atoms with E-state index in [0.717, 1.165) is 11.3 Å². The van der Waals surface area contributed by atoms with Crippen LogP contribution in [0.4, 0.5) is 5.95 Å². The summed E-state index contributed by atoms with van der Waals surface area (Å²) in [5.41, 5.74) is 3.88. The molecule has 2 aromatic rings. The molecule has 6 nitrogen and oxygen atoms in total. The number of nitrogen functional groups attached to an aromatic ring is 1. The molecule has 1 aromatic carbocycles. The molecule has 82 valence electrons. The van der Waals surface area contributed by atoms with Crippen LogP contribution >= 0.6 is 0 Å². The van der Waals surface area contributed by atoms with E-state index >= 15 is 0 Å². The maximum Gasteiger partial charge on any atom is 0.256 e. The Morgan fingerprint density at radius 1 is 1.31 bits per heavy atom. The highest BCUT2D eigenvalue weighted by molar-refractivity contribution is 5.60. The van der Waals surface area contributed by atoms with Gasteiger partial charge in [-0.25, -0.2) is 10.8 Å². The molecular formula is C10H11N5O. The normalized spacial score (nSPS) is 9.88. The van der Waals surface area contributed by atoms with Crippen LogP contribution in [0.25, 0.3) is 11.3 Å². The second-order valence-electron chi connectivity index (χ2n) is 3.04. The van der Waals surface area contributed by atoms with Crippen LogP contribution in [0, 0.1) is 0 Å². The summed E-state index contributed by atoms with van der Waals surface area (Å²) in [6, 6.07) is 7.51. The fourth-order valence-electron chi connectivity index (χ4n) is 1.26. The molecular weight excluding hydrogens is 206 g/mol. The summed E-state index contributed by atoms with van der Waals surface area (Å²) in [4.78, 5) is 3.98. The lowest BCUT2D eigenvalue weighted by atomic mass is 10.1. The molecule has 0 saturated carbocycles. The fraction of sp³-hybridized carbons (Fsp3) is 0.100. The summed E-state index contributed by atoms with van der Waals surface area (Å²) >= 11 is 0. The van der Waals surface area contributed by atoms with Gasteiger partial charge in [0.1, 0.15) is 11.4 Å². The topological polar surface area (TPSA) is 86.0 Å². The Hall–Kier alpha value is -2.21. The van der Waals surface area contributed by atoms with Gasteiger partial charge in [0.05, 0.1) is 13.3 Å². The average Bonchev–Trinajstić information content (AvgIpc) is 2.39. The van der Waals surface area contributed by atoms with Gasteiger partial charge in [-0.1, -0.05) is 12.1 Å². The van der Waals surface area contributed by atoms with Crippen molar-refractivity contribution >= 4 is 5.95 Å². The minimum absolute atomic E-state index is 0.284. The lowest BCUT2D eigenvalue weighted by molar-refractivity contribution is 0.415. The molecule has 0 amide bonds. The van der Waals surface area contributed by atoms with Crippen molar-refractivity contribution in [2.45, 2.75) is 0 Å². The van der Waals surface area contributed by atoms with Gasteiger partial charge in [-0.2, -0.15) is 0 Å². The summed E-state index contributed by atoms with van der Waals surface area (Å²) in [5.74, 6) is 6.20. The SMILES string of the molecule is COc1cccc(-c2cnc(NN)nn2)c1. The first-order chi connectivity index (χ1) is 7.83. The van der Waals surface area contributed by atoms with E-state index in [9.17, 15) is 0 Å². The van der Waals surface area contributed by atoms with Gasteiger partial charge in [0.25, 0.3) is 5.95 Å². The highest BCUT2D eigenvalue weighted by Gasteiger charge is 2.02. The molecule has 0 atom stereocenters. The molecule has 1 heterocycles. The van der Waals surface area contributed by atoms with Crippen LogP contribution in [0.15, 0.2) is 30.5 Å². The summed E-state index contributed by atoms with van der Waals surface area (Å²) < 4.78 is 5.12. The minimum atomic E-state index is 0.284. The highest BCUT2D eigenvalue weighted by Crippen LogP contribution is 2.20. The van der Waals surface area contributed by atoms with Crippen molar-refractivity contribution in [2.75, 3.05) is 12.5 Å².